The van der Waals surface area contributed by atoms with Crippen molar-refractivity contribution < 1.29 is 24.3 Å². The Morgan fingerprint density at radius 2 is 1.83 bits per heavy atom. The average Bonchev–Trinajstić information content (AvgIpc) is 2.59. The van der Waals surface area contributed by atoms with Gasteiger partial charge in [-0.25, -0.2) is 0 Å². The fourth-order valence-corrected chi connectivity index (χ4v) is 2.05. The van der Waals surface area contributed by atoms with Gasteiger partial charge in [0.05, 0.1) is 24.7 Å². The zero-order valence-corrected chi connectivity index (χ0v) is 13.1. The molecular weight excluding hydrogens is 314 g/mol. The average molecular weight is 329 g/mol. The number of hydrogen-bond acceptors (Lipinski definition) is 6. The maximum absolute atomic E-state index is 12.2. The van der Waals surface area contributed by atoms with E-state index in [0.29, 0.717) is 17.1 Å². The maximum Gasteiger partial charge on any atom is 0.270 e. The monoisotopic (exact) mass is 329 g/mol. The van der Waals surface area contributed by atoms with Crippen LogP contribution in [0.5, 0.6) is 17.2 Å². The van der Waals surface area contributed by atoms with Crippen molar-refractivity contribution in [2.75, 3.05) is 14.2 Å². The van der Waals surface area contributed by atoms with Gasteiger partial charge < -0.3 is 14.6 Å². The predicted octanol–water partition coefficient (Wildman–Crippen LogP) is 3.21. The molecular formula is C17H15NO6. The van der Waals surface area contributed by atoms with E-state index in [1.807, 2.05) is 0 Å². The lowest BCUT2D eigenvalue weighted by molar-refractivity contribution is -0.384. The number of rotatable bonds is 6. The second-order valence-electron chi connectivity index (χ2n) is 4.77. The summed E-state index contributed by atoms with van der Waals surface area (Å²) in [6.07, 6.45) is 2.74. The van der Waals surface area contributed by atoms with Crippen LogP contribution in [-0.2, 0) is 0 Å². The third kappa shape index (κ3) is 3.70. The molecule has 24 heavy (non-hydrogen) atoms. The minimum Gasteiger partial charge on any atom is -0.507 e. The van der Waals surface area contributed by atoms with E-state index in [1.165, 1.54) is 26.4 Å². The third-order valence-electron chi connectivity index (χ3n) is 3.29. The van der Waals surface area contributed by atoms with E-state index in [0.717, 1.165) is 18.2 Å². The molecule has 0 aliphatic rings. The molecule has 7 heteroatoms. The van der Waals surface area contributed by atoms with Crippen LogP contribution in [0.3, 0.4) is 0 Å². The van der Waals surface area contributed by atoms with E-state index in [-0.39, 0.29) is 17.0 Å². The molecule has 124 valence electrons. The Balaban J connectivity index is 2.28. The lowest BCUT2D eigenvalue weighted by Crippen LogP contribution is -1.97. The van der Waals surface area contributed by atoms with Crippen molar-refractivity contribution in [3.63, 3.8) is 0 Å². The highest BCUT2D eigenvalue weighted by molar-refractivity contribution is 6.09. The number of nitrogens with zero attached hydrogens (tertiary/aromatic N) is 1. The third-order valence-corrected chi connectivity index (χ3v) is 3.29. The molecule has 0 aliphatic heterocycles. The Bertz CT molecular complexity index is 813. The van der Waals surface area contributed by atoms with Crippen LogP contribution >= 0.6 is 0 Å². The Labute approximate surface area is 137 Å². The number of ether oxygens (including phenoxy) is 2. The molecule has 0 aromatic heterocycles. The normalized spacial score (nSPS) is 10.6. The Hall–Kier alpha value is -3.35. The van der Waals surface area contributed by atoms with Gasteiger partial charge in [-0.2, -0.15) is 0 Å². The Kier molecular flexibility index (Phi) is 5.16. The van der Waals surface area contributed by atoms with E-state index in [2.05, 4.69) is 0 Å². The van der Waals surface area contributed by atoms with Gasteiger partial charge in [0, 0.05) is 12.1 Å². The van der Waals surface area contributed by atoms with Crippen molar-refractivity contribution in [1.29, 1.82) is 0 Å². The van der Waals surface area contributed by atoms with Crippen molar-refractivity contribution in [1.82, 2.24) is 0 Å². The minimum absolute atomic E-state index is 0.138. The summed E-state index contributed by atoms with van der Waals surface area (Å²) in [7, 11) is 3.01. The molecule has 2 aromatic carbocycles. The van der Waals surface area contributed by atoms with Gasteiger partial charge in [0.15, 0.2) is 17.3 Å². The molecule has 0 atom stereocenters. The molecule has 7 nitrogen and oxygen atoms in total. The van der Waals surface area contributed by atoms with Gasteiger partial charge >= 0.3 is 0 Å². The largest absolute Gasteiger partial charge is 0.507 e. The standard InChI is InChI=1S/C17H15NO6/c1-23-16-8-4-11(9-17(16)24-2)3-6-14(19)13-10-12(18(21)22)5-7-15(13)20/h3-10,20H,1-2H3/b6-3+. The molecule has 0 bridgehead atoms. The molecule has 0 radical (unpaired) electrons. The molecule has 1 N–H and O–H groups in total. The van der Waals surface area contributed by atoms with Crippen LogP contribution in [0.4, 0.5) is 5.69 Å². The van der Waals surface area contributed by atoms with Gasteiger partial charge in [-0.3, -0.25) is 14.9 Å². The molecule has 2 aromatic rings. The number of phenolic OH excluding ortho intramolecular Hbond substituents is 1. The SMILES string of the molecule is COc1ccc(/C=C/C(=O)c2cc([N+](=O)[O-])ccc2O)cc1OC. The van der Waals surface area contributed by atoms with Crippen molar-refractivity contribution in [2.24, 2.45) is 0 Å². The summed E-state index contributed by atoms with van der Waals surface area (Å²) in [5.74, 6) is 0.191. The molecule has 0 heterocycles. The van der Waals surface area contributed by atoms with E-state index in [9.17, 15) is 20.0 Å². The van der Waals surface area contributed by atoms with E-state index in [4.69, 9.17) is 9.47 Å². The topological polar surface area (TPSA) is 98.9 Å². The van der Waals surface area contributed by atoms with Crippen molar-refractivity contribution >= 4 is 17.5 Å². The van der Waals surface area contributed by atoms with Crippen LogP contribution in [-0.4, -0.2) is 30.0 Å². The van der Waals surface area contributed by atoms with Crippen LogP contribution in [0.15, 0.2) is 42.5 Å². The highest BCUT2D eigenvalue weighted by Crippen LogP contribution is 2.28. The van der Waals surface area contributed by atoms with E-state index in [1.54, 1.807) is 18.2 Å². The van der Waals surface area contributed by atoms with Crippen LogP contribution < -0.4 is 9.47 Å². The summed E-state index contributed by atoms with van der Waals surface area (Å²) in [6.45, 7) is 0. The number of nitro benzene ring substituents is 1. The number of nitro groups is 1. The molecule has 0 aliphatic carbocycles. The summed E-state index contributed by atoms with van der Waals surface area (Å²) in [5, 5.41) is 20.5. The summed E-state index contributed by atoms with van der Waals surface area (Å²) >= 11 is 0. The Morgan fingerprint density at radius 3 is 2.46 bits per heavy atom. The first-order valence-corrected chi connectivity index (χ1v) is 6.88. The highest BCUT2D eigenvalue weighted by Gasteiger charge is 2.14. The number of carbonyl (C=O) groups is 1. The Morgan fingerprint density at radius 1 is 1.12 bits per heavy atom. The number of aromatic hydroxyl groups is 1. The summed E-state index contributed by atoms with van der Waals surface area (Å²) < 4.78 is 10.3. The van der Waals surface area contributed by atoms with Gasteiger partial charge in [-0.05, 0) is 29.8 Å². The van der Waals surface area contributed by atoms with Gasteiger partial charge in [0.2, 0.25) is 0 Å². The highest BCUT2D eigenvalue weighted by atomic mass is 16.6. The number of ketones is 1. The number of allylic oxidation sites excluding steroid dienone is 1. The second kappa shape index (κ2) is 7.28. The minimum atomic E-state index is -0.631. The van der Waals surface area contributed by atoms with Gasteiger partial charge in [0.1, 0.15) is 5.75 Å². The fourth-order valence-electron chi connectivity index (χ4n) is 2.05. The lowest BCUT2D eigenvalue weighted by atomic mass is 10.1. The lowest BCUT2D eigenvalue weighted by Gasteiger charge is -2.07. The number of methoxy groups -OCH3 is 2. The maximum atomic E-state index is 12.2. The number of benzene rings is 2. The summed E-state index contributed by atoms with van der Waals surface area (Å²) in [6, 6.07) is 8.37. The smallest absolute Gasteiger partial charge is 0.270 e. The molecule has 0 fully saturated rings. The zero-order valence-electron chi connectivity index (χ0n) is 13.1. The first-order chi connectivity index (χ1) is 11.5. The second-order valence-corrected chi connectivity index (χ2v) is 4.77. The first kappa shape index (κ1) is 17.0. The molecule has 2 rings (SSSR count). The number of hydrogen-bond donors (Lipinski definition) is 1. The van der Waals surface area contributed by atoms with Crippen molar-refractivity contribution in [2.45, 2.75) is 0 Å². The predicted molar refractivity (Wildman–Crippen MR) is 87.7 cm³/mol. The number of phenols is 1. The molecule has 0 amide bonds. The molecule has 0 unspecified atom stereocenters. The van der Waals surface area contributed by atoms with Crippen molar-refractivity contribution in [3.05, 3.63) is 63.7 Å². The van der Waals surface area contributed by atoms with Crippen LogP contribution in [0, 0.1) is 10.1 Å². The molecule has 0 saturated carbocycles. The van der Waals surface area contributed by atoms with Gasteiger partial charge in [0.25, 0.3) is 5.69 Å². The van der Waals surface area contributed by atoms with E-state index < -0.39 is 10.7 Å². The van der Waals surface area contributed by atoms with E-state index >= 15 is 0 Å². The van der Waals surface area contributed by atoms with Crippen LogP contribution in [0.2, 0.25) is 0 Å². The summed E-state index contributed by atoms with van der Waals surface area (Å²) in [4.78, 5) is 22.3. The summed E-state index contributed by atoms with van der Waals surface area (Å²) in [5.41, 5.74) is 0.266. The van der Waals surface area contributed by atoms with Crippen molar-refractivity contribution in [3.8, 4) is 17.2 Å². The number of non-ortho nitro benzene ring substituents is 1. The molecule has 0 saturated heterocycles. The number of carbonyl (C=O) groups excluding carboxylic acids is 1. The van der Waals surface area contributed by atoms with Crippen LogP contribution in [0.25, 0.3) is 6.08 Å². The quantitative estimate of drug-likeness (QED) is 0.378. The zero-order chi connectivity index (χ0) is 17.7. The van der Waals surface area contributed by atoms with Crippen LogP contribution in [0.1, 0.15) is 15.9 Å². The molecule has 0 spiro atoms. The van der Waals surface area contributed by atoms with Gasteiger partial charge in [-0.15, -0.1) is 0 Å². The van der Waals surface area contributed by atoms with Gasteiger partial charge in [-0.1, -0.05) is 12.1 Å². The first-order valence-electron chi connectivity index (χ1n) is 6.88. The fraction of sp³-hybridized carbons (Fsp3) is 0.118.